The molecule has 0 saturated heterocycles. The third kappa shape index (κ3) is 4.24. The van der Waals surface area contributed by atoms with Gasteiger partial charge in [0.1, 0.15) is 0 Å². The summed E-state index contributed by atoms with van der Waals surface area (Å²) in [5.74, 6) is 1.37. The van der Waals surface area contributed by atoms with Crippen LogP contribution in [0.2, 0.25) is 0 Å². The van der Waals surface area contributed by atoms with Gasteiger partial charge < -0.3 is 11.1 Å². The molecule has 0 spiro atoms. The number of amidine groups is 1. The fraction of sp³-hybridized carbons (Fsp3) is 0.500. The summed E-state index contributed by atoms with van der Waals surface area (Å²) in [4.78, 5) is 16.5. The number of hydrogen-bond donors (Lipinski definition) is 2. The van der Waals surface area contributed by atoms with Crippen LogP contribution in [0.5, 0.6) is 0 Å². The first kappa shape index (κ1) is 15.9. The van der Waals surface area contributed by atoms with Gasteiger partial charge in [-0.2, -0.15) is 0 Å². The van der Waals surface area contributed by atoms with Crippen molar-refractivity contribution in [2.75, 3.05) is 11.1 Å². The molecule has 1 unspecified atom stereocenters. The van der Waals surface area contributed by atoms with E-state index in [0.29, 0.717) is 17.5 Å². The van der Waals surface area contributed by atoms with Crippen molar-refractivity contribution in [3.63, 3.8) is 0 Å². The topological polar surface area (TPSA) is 67.5 Å². The number of carbonyl (C=O) groups excluding carboxylic acids is 1. The minimum absolute atomic E-state index is 0.0505. The van der Waals surface area contributed by atoms with Crippen LogP contribution in [0.3, 0.4) is 0 Å². The van der Waals surface area contributed by atoms with Gasteiger partial charge in [0, 0.05) is 17.9 Å². The first-order valence-electron chi connectivity index (χ1n) is 7.27. The number of amides is 1. The molecule has 1 amide bonds. The molecule has 5 heteroatoms. The second kappa shape index (κ2) is 6.52. The van der Waals surface area contributed by atoms with Gasteiger partial charge in [-0.25, -0.2) is 0 Å². The van der Waals surface area contributed by atoms with E-state index >= 15 is 0 Å². The quantitative estimate of drug-likeness (QED) is 0.896. The maximum atomic E-state index is 11.9. The Morgan fingerprint density at radius 2 is 2.29 bits per heavy atom. The number of aliphatic imine (C=N–C) groups is 1. The van der Waals surface area contributed by atoms with Crippen molar-refractivity contribution in [1.82, 2.24) is 0 Å². The van der Waals surface area contributed by atoms with E-state index in [1.165, 1.54) is 0 Å². The van der Waals surface area contributed by atoms with Crippen LogP contribution in [0, 0.1) is 5.92 Å². The SMILES string of the molecule is CC(C)CC(=O)Nc1cccc(C2(C)CCSC(N)=N2)c1. The minimum Gasteiger partial charge on any atom is -0.379 e. The Kier molecular flexibility index (Phi) is 4.93. The molecule has 0 fully saturated rings. The third-order valence-electron chi connectivity index (χ3n) is 3.56. The smallest absolute Gasteiger partial charge is 0.224 e. The molecular formula is C16H23N3OS. The summed E-state index contributed by atoms with van der Waals surface area (Å²) in [5, 5.41) is 3.59. The van der Waals surface area contributed by atoms with E-state index in [1.54, 1.807) is 11.8 Å². The molecule has 0 bridgehead atoms. The molecule has 0 saturated carbocycles. The van der Waals surface area contributed by atoms with Gasteiger partial charge in [0.05, 0.1) is 5.54 Å². The molecule has 1 aliphatic heterocycles. The van der Waals surface area contributed by atoms with E-state index < -0.39 is 0 Å². The zero-order chi connectivity index (χ0) is 15.5. The highest BCUT2D eigenvalue weighted by Gasteiger charge is 2.29. The fourth-order valence-electron chi connectivity index (χ4n) is 2.41. The lowest BCUT2D eigenvalue weighted by molar-refractivity contribution is -0.116. The van der Waals surface area contributed by atoms with Crippen LogP contribution in [-0.4, -0.2) is 16.8 Å². The van der Waals surface area contributed by atoms with Crippen molar-refractivity contribution in [1.29, 1.82) is 0 Å². The third-order valence-corrected chi connectivity index (χ3v) is 4.35. The van der Waals surface area contributed by atoms with Crippen LogP contribution in [0.4, 0.5) is 5.69 Å². The molecule has 114 valence electrons. The zero-order valence-electron chi connectivity index (χ0n) is 12.8. The van der Waals surface area contributed by atoms with E-state index in [-0.39, 0.29) is 11.4 Å². The first-order chi connectivity index (χ1) is 9.89. The number of anilines is 1. The minimum atomic E-state index is -0.298. The highest BCUT2D eigenvalue weighted by atomic mass is 32.2. The monoisotopic (exact) mass is 305 g/mol. The highest BCUT2D eigenvalue weighted by molar-refractivity contribution is 8.13. The molecule has 3 N–H and O–H groups in total. The Morgan fingerprint density at radius 1 is 1.52 bits per heavy atom. The standard InChI is InChI=1S/C16H23N3OS/c1-11(2)9-14(20)18-13-6-4-5-12(10-13)16(3)7-8-21-15(17)19-16/h4-6,10-11H,7-9H2,1-3H3,(H2,17,19)(H,18,20). The zero-order valence-corrected chi connectivity index (χ0v) is 13.7. The number of nitrogens with two attached hydrogens (primary N) is 1. The summed E-state index contributed by atoms with van der Waals surface area (Å²) >= 11 is 1.59. The Morgan fingerprint density at radius 3 is 2.95 bits per heavy atom. The van der Waals surface area contributed by atoms with Gasteiger partial charge >= 0.3 is 0 Å². The Bertz CT molecular complexity index is 556. The van der Waals surface area contributed by atoms with E-state index in [2.05, 4.69) is 17.2 Å². The Hall–Kier alpha value is -1.49. The van der Waals surface area contributed by atoms with Gasteiger partial charge in [-0.05, 0) is 37.0 Å². The van der Waals surface area contributed by atoms with Crippen molar-refractivity contribution >= 4 is 28.5 Å². The fourth-order valence-corrected chi connectivity index (χ4v) is 3.38. The lowest BCUT2D eigenvalue weighted by Crippen LogP contribution is -2.28. The number of hydrogen-bond acceptors (Lipinski definition) is 4. The summed E-state index contributed by atoms with van der Waals surface area (Å²) in [7, 11) is 0. The lowest BCUT2D eigenvalue weighted by Gasteiger charge is -2.30. The van der Waals surface area contributed by atoms with Gasteiger partial charge in [-0.3, -0.25) is 9.79 Å². The summed E-state index contributed by atoms with van der Waals surface area (Å²) in [6, 6.07) is 7.92. The van der Waals surface area contributed by atoms with E-state index in [4.69, 9.17) is 5.73 Å². The molecule has 0 aliphatic carbocycles. The van der Waals surface area contributed by atoms with Gasteiger partial charge in [0.15, 0.2) is 5.17 Å². The van der Waals surface area contributed by atoms with Crippen LogP contribution in [0.25, 0.3) is 0 Å². The molecule has 2 rings (SSSR count). The van der Waals surface area contributed by atoms with Crippen LogP contribution < -0.4 is 11.1 Å². The summed E-state index contributed by atoms with van der Waals surface area (Å²) in [5.41, 5.74) is 7.48. The molecule has 1 aromatic rings. The number of nitrogens with one attached hydrogen (secondary N) is 1. The highest BCUT2D eigenvalue weighted by Crippen LogP contribution is 2.35. The second-order valence-corrected chi connectivity index (χ2v) is 7.16. The number of carbonyl (C=O) groups is 1. The Labute approximate surface area is 130 Å². The normalized spacial score (nSPS) is 22.0. The molecule has 0 radical (unpaired) electrons. The number of nitrogens with zero attached hydrogens (tertiary/aromatic N) is 1. The van der Waals surface area contributed by atoms with Gasteiger partial charge in [-0.15, -0.1) is 0 Å². The van der Waals surface area contributed by atoms with Crippen molar-refractivity contribution < 1.29 is 4.79 Å². The molecule has 4 nitrogen and oxygen atoms in total. The molecule has 0 aromatic heterocycles. The van der Waals surface area contributed by atoms with E-state index in [0.717, 1.165) is 23.4 Å². The molecule has 1 aromatic carbocycles. The van der Waals surface area contributed by atoms with Crippen LogP contribution in [0.15, 0.2) is 29.3 Å². The van der Waals surface area contributed by atoms with Crippen LogP contribution in [0.1, 0.15) is 39.2 Å². The Balaban J connectivity index is 2.18. The van der Waals surface area contributed by atoms with Gasteiger partial charge in [-0.1, -0.05) is 37.7 Å². The van der Waals surface area contributed by atoms with Crippen LogP contribution in [-0.2, 0) is 10.3 Å². The summed E-state index contributed by atoms with van der Waals surface area (Å²) < 4.78 is 0. The van der Waals surface area contributed by atoms with Crippen molar-refractivity contribution in [2.45, 2.75) is 39.2 Å². The largest absolute Gasteiger partial charge is 0.379 e. The summed E-state index contributed by atoms with van der Waals surface area (Å²) in [6.45, 7) is 6.16. The first-order valence-corrected chi connectivity index (χ1v) is 8.26. The number of benzene rings is 1. The molecule has 1 heterocycles. The van der Waals surface area contributed by atoms with Crippen molar-refractivity contribution in [2.24, 2.45) is 16.6 Å². The van der Waals surface area contributed by atoms with E-state index in [1.807, 2.05) is 38.1 Å². The van der Waals surface area contributed by atoms with Gasteiger partial charge in [0.25, 0.3) is 0 Å². The maximum Gasteiger partial charge on any atom is 0.224 e. The molecular weight excluding hydrogens is 282 g/mol. The van der Waals surface area contributed by atoms with Crippen molar-refractivity contribution in [3.8, 4) is 0 Å². The molecule has 21 heavy (non-hydrogen) atoms. The second-order valence-electron chi connectivity index (χ2n) is 6.05. The lowest BCUT2D eigenvalue weighted by atomic mass is 9.89. The van der Waals surface area contributed by atoms with Gasteiger partial charge in [0.2, 0.25) is 5.91 Å². The maximum absolute atomic E-state index is 11.9. The number of thioether (sulfide) groups is 1. The van der Waals surface area contributed by atoms with Crippen molar-refractivity contribution in [3.05, 3.63) is 29.8 Å². The predicted molar refractivity (Wildman–Crippen MR) is 90.6 cm³/mol. The summed E-state index contributed by atoms with van der Waals surface area (Å²) in [6.07, 6.45) is 1.48. The average Bonchev–Trinajstić information content (AvgIpc) is 2.37. The molecule has 1 atom stereocenters. The predicted octanol–water partition coefficient (Wildman–Crippen LogP) is 3.34. The number of rotatable bonds is 4. The van der Waals surface area contributed by atoms with Crippen LogP contribution >= 0.6 is 11.8 Å². The van der Waals surface area contributed by atoms with E-state index in [9.17, 15) is 4.79 Å². The average molecular weight is 305 g/mol. The molecule has 1 aliphatic rings.